The van der Waals surface area contributed by atoms with E-state index in [2.05, 4.69) is 20.8 Å². The summed E-state index contributed by atoms with van der Waals surface area (Å²) < 4.78 is 8.74. The lowest BCUT2D eigenvalue weighted by Crippen LogP contribution is -1.96. The van der Waals surface area contributed by atoms with E-state index in [4.69, 9.17) is 14.4 Å². The minimum absolute atomic E-state index is 1.01. The van der Waals surface area contributed by atoms with Crippen LogP contribution in [0.3, 0.4) is 0 Å². The Bertz CT molecular complexity index is 166. The van der Waals surface area contributed by atoms with Crippen molar-refractivity contribution in [3.8, 4) is 0 Å². The lowest BCUT2D eigenvalue weighted by molar-refractivity contribution is 0.405. The molecular weight excluding hydrogens is 247 g/mol. The van der Waals surface area contributed by atoms with E-state index in [1.54, 1.807) is 0 Å². The van der Waals surface area contributed by atoms with Crippen LogP contribution in [0.1, 0.15) is 85.0 Å². The monoisotopic (exact) mass is 280 g/mol. The smallest absolute Gasteiger partial charge is 0.314 e. The highest BCUT2D eigenvalue weighted by atomic mass is 31.1. The maximum atomic E-state index is 8.74. The van der Waals surface area contributed by atoms with Crippen molar-refractivity contribution in [2.45, 2.75) is 85.0 Å². The maximum absolute atomic E-state index is 8.74. The van der Waals surface area contributed by atoms with E-state index < -0.39 is 8.25 Å². The van der Waals surface area contributed by atoms with Crippen LogP contribution in [0.4, 0.5) is 0 Å². The molecule has 0 fully saturated rings. The molecule has 0 amide bonds. The fourth-order valence-electron chi connectivity index (χ4n) is 2.09. The Labute approximate surface area is 114 Å². The molecule has 18 heavy (non-hydrogen) atoms. The van der Waals surface area contributed by atoms with Gasteiger partial charge in [-0.25, -0.2) is 0 Å². The van der Waals surface area contributed by atoms with Gasteiger partial charge in [-0.05, 0) is 5.92 Å². The number of hydrogen-bond donors (Lipinski definition) is 2. The van der Waals surface area contributed by atoms with E-state index in [0.29, 0.717) is 0 Å². The van der Waals surface area contributed by atoms with E-state index in [-0.39, 0.29) is 0 Å². The predicted molar refractivity (Wildman–Crippen MR) is 80.1 cm³/mol. The van der Waals surface area contributed by atoms with Crippen LogP contribution in [0.5, 0.6) is 0 Å². The highest BCUT2D eigenvalue weighted by Crippen LogP contribution is 2.17. The first-order valence-electron chi connectivity index (χ1n) is 7.50. The molecule has 2 N–H and O–H groups in total. The molecule has 0 aliphatic carbocycles. The van der Waals surface area contributed by atoms with Gasteiger partial charge in [-0.1, -0.05) is 85.0 Å². The summed E-state index contributed by atoms with van der Waals surface area (Å²) in [6, 6.07) is 0. The summed E-state index contributed by atoms with van der Waals surface area (Å²) in [5.41, 5.74) is 0. The van der Waals surface area contributed by atoms with Gasteiger partial charge in [0.15, 0.2) is 0 Å². The van der Waals surface area contributed by atoms with Gasteiger partial charge >= 0.3 is 8.25 Å². The first-order valence-corrected chi connectivity index (χ1v) is 8.80. The van der Waals surface area contributed by atoms with Gasteiger partial charge in [0, 0.05) is 0 Å². The van der Waals surface area contributed by atoms with Crippen molar-refractivity contribution >= 4 is 8.25 Å². The quantitative estimate of drug-likeness (QED) is 0.441. The Hall–Kier alpha value is 0.150. The molecule has 0 heterocycles. The molecule has 0 atom stereocenters. The van der Waals surface area contributed by atoms with E-state index in [0.717, 1.165) is 5.92 Å². The molecule has 0 aromatic rings. The Morgan fingerprint density at radius 2 is 1.22 bits per heavy atom. The Balaban J connectivity index is 0. The summed E-state index contributed by atoms with van der Waals surface area (Å²) in [4.78, 5) is 14.3. The van der Waals surface area contributed by atoms with Gasteiger partial charge in [0.05, 0.1) is 0 Å². The highest BCUT2D eigenvalue weighted by molar-refractivity contribution is 7.30. The van der Waals surface area contributed by atoms with Gasteiger partial charge < -0.3 is 9.79 Å². The van der Waals surface area contributed by atoms with Crippen LogP contribution in [0.2, 0.25) is 0 Å². The zero-order valence-electron chi connectivity index (χ0n) is 12.5. The zero-order chi connectivity index (χ0) is 14.2. The predicted octanol–water partition coefficient (Wildman–Crippen LogP) is 4.92. The molecule has 0 saturated heterocycles. The van der Waals surface area contributed by atoms with Crippen molar-refractivity contribution in [3.63, 3.8) is 0 Å². The average Bonchev–Trinajstić information content (AvgIpc) is 2.32. The van der Waals surface area contributed by atoms with E-state index in [1.807, 2.05) is 0 Å². The van der Waals surface area contributed by atoms with Crippen LogP contribution in [0.15, 0.2) is 0 Å². The third-order valence-corrected chi connectivity index (χ3v) is 3.37. The highest BCUT2D eigenvalue weighted by Gasteiger charge is 2.01. The summed E-state index contributed by atoms with van der Waals surface area (Å²) >= 11 is 0. The lowest BCUT2D eigenvalue weighted by atomic mass is 9.96. The van der Waals surface area contributed by atoms with Crippen molar-refractivity contribution in [2.24, 2.45) is 5.92 Å². The third kappa shape index (κ3) is 21.4. The first-order chi connectivity index (χ1) is 8.58. The summed E-state index contributed by atoms with van der Waals surface area (Å²) in [6.07, 6.45) is 14.4. The van der Waals surface area contributed by atoms with Crippen molar-refractivity contribution in [1.82, 2.24) is 0 Å². The fraction of sp³-hybridized carbons (Fsp3) is 1.00. The molecule has 0 unspecified atom stereocenters. The second-order valence-corrected chi connectivity index (χ2v) is 5.44. The van der Waals surface area contributed by atoms with Crippen molar-refractivity contribution < 1.29 is 14.4 Å². The summed E-state index contributed by atoms with van der Waals surface area (Å²) in [5.74, 6) is 1.01. The van der Waals surface area contributed by atoms with Gasteiger partial charge in [0.2, 0.25) is 0 Å². The van der Waals surface area contributed by atoms with Crippen molar-refractivity contribution in [2.75, 3.05) is 0 Å². The molecule has 0 saturated carbocycles. The summed E-state index contributed by atoms with van der Waals surface area (Å²) in [6.45, 7) is 6.94. The second-order valence-electron chi connectivity index (χ2n) is 4.88. The van der Waals surface area contributed by atoms with Crippen LogP contribution < -0.4 is 0 Å². The van der Waals surface area contributed by atoms with Crippen LogP contribution in [0, 0.1) is 5.92 Å². The molecule has 0 radical (unpaired) electrons. The summed E-state index contributed by atoms with van der Waals surface area (Å²) in [5, 5.41) is 0. The molecule has 4 heteroatoms. The minimum Gasteiger partial charge on any atom is -0.326 e. The SMILES string of the molecule is CCCCCCCCCC(CC)CC.O=[PH](O)O. The van der Waals surface area contributed by atoms with Crippen molar-refractivity contribution in [3.05, 3.63) is 0 Å². The molecule has 0 aromatic carbocycles. The molecule has 0 aliphatic heterocycles. The average molecular weight is 280 g/mol. The molecule has 112 valence electrons. The number of unbranched alkanes of at least 4 members (excludes halogenated alkanes) is 6. The van der Waals surface area contributed by atoms with Crippen LogP contribution >= 0.6 is 8.25 Å². The van der Waals surface area contributed by atoms with Gasteiger partial charge in [-0.2, -0.15) is 0 Å². The first kappa shape index (κ1) is 20.5. The van der Waals surface area contributed by atoms with Gasteiger partial charge in [-0.3, -0.25) is 4.57 Å². The molecule has 0 bridgehead atoms. The molecule has 0 aromatic heterocycles. The molecular formula is C14H33O3P. The minimum atomic E-state index is -3.13. The van der Waals surface area contributed by atoms with Crippen molar-refractivity contribution in [1.29, 1.82) is 0 Å². The lowest BCUT2D eigenvalue weighted by Gasteiger charge is -2.11. The zero-order valence-corrected chi connectivity index (χ0v) is 13.5. The van der Waals surface area contributed by atoms with Crippen LogP contribution in [-0.4, -0.2) is 9.79 Å². The molecule has 0 rings (SSSR count). The number of hydrogen-bond acceptors (Lipinski definition) is 1. The maximum Gasteiger partial charge on any atom is 0.314 e. The van der Waals surface area contributed by atoms with Gasteiger partial charge in [0.25, 0.3) is 0 Å². The standard InChI is InChI=1S/C14H30.H3O3P/c1-4-7-8-9-10-11-12-13-14(5-2)6-3;1-4(2)3/h14H,4-13H2,1-3H3;4H,(H2,1,2,3). The Kier molecular flexibility index (Phi) is 19.5. The normalized spacial score (nSPS) is 10.6. The van der Waals surface area contributed by atoms with Crippen LogP contribution in [0.25, 0.3) is 0 Å². The van der Waals surface area contributed by atoms with E-state index in [9.17, 15) is 0 Å². The Morgan fingerprint density at radius 1 is 0.833 bits per heavy atom. The molecule has 0 aliphatic rings. The third-order valence-electron chi connectivity index (χ3n) is 3.37. The largest absolute Gasteiger partial charge is 0.326 e. The van der Waals surface area contributed by atoms with E-state index >= 15 is 0 Å². The van der Waals surface area contributed by atoms with Gasteiger partial charge in [0.1, 0.15) is 0 Å². The topological polar surface area (TPSA) is 57.5 Å². The second kappa shape index (κ2) is 17.2. The summed E-state index contributed by atoms with van der Waals surface area (Å²) in [7, 11) is -3.13. The van der Waals surface area contributed by atoms with Gasteiger partial charge in [-0.15, -0.1) is 0 Å². The molecule has 0 spiro atoms. The molecule has 3 nitrogen and oxygen atoms in total. The van der Waals surface area contributed by atoms with E-state index in [1.165, 1.54) is 64.2 Å². The number of rotatable bonds is 10. The fourth-order valence-corrected chi connectivity index (χ4v) is 2.09. The Morgan fingerprint density at radius 3 is 1.61 bits per heavy atom. The van der Waals surface area contributed by atoms with Crippen LogP contribution in [-0.2, 0) is 4.57 Å².